The van der Waals surface area contributed by atoms with Crippen LogP contribution in [0.2, 0.25) is 0 Å². The second kappa shape index (κ2) is 12.7. The number of anilines is 2. The van der Waals surface area contributed by atoms with Crippen molar-refractivity contribution < 1.29 is 39.9 Å². The maximum atomic E-state index is 12.5. The smallest absolute Gasteiger partial charge is 0.322 e. The highest BCUT2D eigenvalue weighted by atomic mass is 16.4. The van der Waals surface area contributed by atoms with Crippen LogP contribution in [-0.4, -0.2) is 99.7 Å². The van der Waals surface area contributed by atoms with Crippen LogP contribution in [0.25, 0.3) is 0 Å². The summed E-state index contributed by atoms with van der Waals surface area (Å²) in [6.45, 7) is -0.307. The molecule has 2 aromatic rings. The number of aliphatic imine (C=N–C) groups is 1. The summed E-state index contributed by atoms with van der Waals surface area (Å²) < 4.78 is 0. The molecule has 0 saturated heterocycles. The van der Waals surface area contributed by atoms with Gasteiger partial charge in [-0.25, -0.2) is 0 Å². The minimum Gasteiger partial charge on any atom is -0.508 e. The summed E-state index contributed by atoms with van der Waals surface area (Å²) >= 11 is 0. The number of rotatable bonds is 11. The van der Waals surface area contributed by atoms with Crippen molar-refractivity contribution in [2.45, 2.75) is 30.6 Å². The molecule has 40 heavy (non-hydrogen) atoms. The lowest BCUT2D eigenvalue weighted by atomic mass is 10.1. The third-order valence-corrected chi connectivity index (χ3v) is 6.21. The molecule has 4 rings (SSSR count). The molecule has 2 aliphatic heterocycles. The number of ketones is 1. The molecular weight excluding hydrogens is 526 g/mol. The predicted molar refractivity (Wildman–Crippen MR) is 143 cm³/mol. The maximum absolute atomic E-state index is 12.5. The molecule has 0 spiro atoms. The minimum absolute atomic E-state index is 0.158. The fourth-order valence-corrected chi connectivity index (χ4v) is 4.17. The van der Waals surface area contributed by atoms with Crippen LogP contribution in [0, 0.1) is 0 Å². The van der Waals surface area contributed by atoms with Gasteiger partial charge in [-0.2, -0.15) is 0 Å². The Kier molecular flexibility index (Phi) is 9.13. The van der Waals surface area contributed by atoms with E-state index in [1.54, 1.807) is 24.3 Å². The Morgan fingerprint density at radius 1 is 1.15 bits per heavy atom. The van der Waals surface area contributed by atoms with Gasteiger partial charge in [-0.15, -0.1) is 0 Å². The van der Waals surface area contributed by atoms with E-state index in [1.165, 1.54) is 18.2 Å². The summed E-state index contributed by atoms with van der Waals surface area (Å²) in [5.74, 6) is -2.18. The summed E-state index contributed by atoms with van der Waals surface area (Å²) in [7, 11) is 0. The maximum Gasteiger partial charge on any atom is 0.322 e. The molecule has 5 atom stereocenters. The average molecular weight is 558 g/mol. The summed E-state index contributed by atoms with van der Waals surface area (Å²) in [6, 6.07) is 8.36. The normalized spacial score (nSPS) is 20.3. The van der Waals surface area contributed by atoms with Crippen LogP contribution >= 0.6 is 0 Å². The zero-order valence-corrected chi connectivity index (χ0v) is 21.2. The number of aliphatic hydroxyl groups excluding tert-OH is 3. The molecular formula is C25H31N7O8. The van der Waals surface area contributed by atoms with E-state index in [2.05, 4.69) is 36.9 Å². The van der Waals surface area contributed by atoms with E-state index in [1.807, 2.05) is 0 Å². The highest BCUT2D eigenvalue weighted by Gasteiger charge is 2.37. The topological polar surface area (TPSA) is 237 Å². The van der Waals surface area contributed by atoms with E-state index in [0.717, 1.165) is 0 Å². The Morgan fingerprint density at radius 2 is 1.93 bits per heavy atom. The Bertz CT molecular complexity index is 1290. The Balaban J connectivity index is 1.26. The first kappa shape index (κ1) is 28.7. The molecule has 11 N–H and O–H groups in total. The van der Waals surface area contributed by atoms with Gasteiger partial charge in [0, 0.05) is 41.7 Å². The van der Waals surface area contributed by atoms with Gasteiger partial charge >= 0.3 is 5.97 Å². The van der Waals surface area contributed by atoms with Crippen molar-refractivity contribution in [3.8, 4) is 5.75 Å². The summed E-state index contributed by atoms with van der Waals surface area (Å²) in [6.07, 6.45) is -3.51. The molecule has 0 saturated carbocycles. The number of hydrogen-bond acceptors (Lipinski definition) is 13. The molecule has 0 bridgehead atoms. The summed E-state index contributed by atoms with van der Waals surface area (Å²) in [5, 5.41) is 66.1. The summed E-state index contributed by atoms with van der Waals surface area (Å²) in [4.78, 5) is 40.7. The molecule has 2 heterocycles. The Morgan fingerprint density at radius 3 is 2.62 bits per heavy atom. The van der Waals surface area contributed by atoms with Crippen LogP contribution in [0.5, 0.6) is 5.75 Å². The second-order valence-corrected chi connectivity index (χ2v) is 9.28. The first-order valence-electron chi connectivity index (χ1n) is 12.4. The lowest BCUT2D eigenvalue weighted by molar-refractivity contribution is -0.140. The zero-order valence-electron chi connectivity index (χ0n) is 21.2. The quantitative estimate of drug-likeness (QED) is 0.132. The number of β-amino-alcohol motifs (C(OH)–C–C–N with tert-alkyl or cyclic N) is 1. The first-order chi connectivity index (χ1) is 19.1. The third-order valence-electron chi connectivity index (χ3n) is 6.21. The number of carbonyl (C=O) groups is 3. The second-order valence-electron chi connectivity index (χ2n) is 9.28. The monoisotopic (exact) mass is 557 g/mol. The number of nitrogens with one attached hydrogen (secondary N) is 6. The fraction of sp³-hybridized carbons (Fsp3) is 0.360. The average Bonchev–Trinajstić information content (AvgIpc) is 3.27. The molecule has 214 valence electrons. The van der Waals surface area contributed by atoms with E-state index in [0.29, 0.717) is 29.4 Å². The number of phenols is 1. The number of amides is 1. The van der Waals surface area contributed by atoms with Gasteiger partial charge in [0.2, 0.25) is 5.91 Å². The first-order valence-corrected chi connectivity index (χ1v) is 12.4. The van der Waals surface area contributed by atoms with E-state index in [4.69, 9.17) is 0 Å². The van der Waals surface area contributed by atoms with Crippen LogP contribution in [0.1, 0.15) is 22.1 Å². The van der Waals surface area contributed by atoms with Crippen LogP contribution in [0.15, 0.2) is 47.5 Å². The van der Waals surface area contributed by atoms with E-state index < -0.39 is 61.4 Å². The molecule has 2 aromatic carbocycles. The number of guanidine groups is 1. The van der Waals surface area contributed by atoms with Crippen molar-refractivity contribution in [2.24, 2.45) is 4.99 Å². The van der Waals surface area contributed by atoms with Gasteiger partial charge in [-0.05, 0) is 24.3 Å². The highest BCUT2D eigenvalue weighted by Crippen LogP contribution is 2.26. The molecule has 4 unspecified atom stereocenters. The van der Waals surface area contributed by atoms with Crippen LogP contribution < -0.4 is 31.9 Å². The Hall–Kier alpha value is -4.28. The number of aromatic hydroxyl groups is 1. The van der Waals surface area contributed by atoms with Crippen molar-refractivity contribution in [1.82, 2.24) is 21.3 Å². The summed E-state index contributed by atoms with van der Waals surface area (Å²) in [5.41, 5.74) is 1.54. The molecule has 2 aliphatic rings. The van der Waals surface area contributed by atoms with Crippen LogP contribution in [-0.2, 0) is 9.59 Å². The molecule has 0 fully saturated rings. The number of hydrogen-bond donors (Lipinski definition) is 11. The Labute approximate surface area is 228 Å². The number of carboxylic acids is 1. The van der Waals surface area contributed by atoms with Crippen molar-refractivity contribution in [1.29, 1.82) is 0 Å². The van der Waals surface area contributed by atoms with Gasteiger partial charge in [0.1, 0.15) is 30.3 Å². The number of carboxylic acid groups (broad SMARTS) is 1. The van der Waals surface area contributed by atoms with Gasteiger partial charge in [-0.3, -0.25) is 30.0 Å². The lowest BCUT2D eigenvalue weighted by Gasteiger charge is -2.23. The number of para-hydroxylation sites is 1. The SMILES string of the molecule is O=C(CNC(O)c1cc(O)cc(NC2=NCC(O)CN2)c1)NC[C@H](NC(O)C1Nc2ccccc2C1=O)C(=O)O. The predicted octanol–water partition coefficient (Wildman–Crippen LogP) is -2.14. The van der Waals surface area contributed by atoms with E-state index in [9.17, 15) is 39.9 Å². The van der Waals surface area contributed by atoms with Crippen molar-refractivity contribution in [3.05, 3.63) is 53.6 Å². The third kappa shape index (κ3) is 7.22. The fourth-order valence-electron chi connectivity index (χ4n) is 4.17. The van der Waals surface area contributed by atoms with Gasteiger partial charge in [0.05, 0.1) is 19.2 Å². The standard InChI is InChI=1S/C25H31N7O8/c33-14-6-12(5-13(7-14)30-25-28-8-15(34)9-29-25)22(37)27-11-19(35)26-10-18(24(39)40)32-23(38)20-21(36)16-3-1-2-4-17(16)31-20/h1-7,15,18,20,22-23,27,31-34,37-38H,8-11H2,(H,26,35)(H,39,40)(H2,28,29,30)/t18-,20?,22?,23?/m0/s1. The number of phenolic OH excluding ortho intramolecular Hbond substituents is 1. The number of fused-ring (bicyclic) bond motifs is 1. The number of aliphatic carboxylic acids is 1. The number of benzene rings is 2. The number of Topliss-reactive ketones (excluding diaryl/α,β-unsaturated/α-hetero) is 1. The highest BCUT2D eigenvalue weighted by molar-refractivity contribution is 6.10. The van der Waals surface area contributed by atoms with Crippen molar-refractivity contribution >= 4 is 35.0 Å². The van der Waals surface area contributed by atoms with E-state index in [-0.39, 0.29) is 17.9 Å². The van der Waals surface area contributed by atoms with Gasteiger partial charge in [0.15, 0.2) is 11.7 Å². The largest absolute Gasteiger partial charge is 0.508 e. The number of carbonyl (C=O) groups excluding carboxylic acids is 2. The molecule has 1 amide bonds. The molecule has 15 nitrogen and oxygen atoms in total. The number of aliphatic hydroxyl groups is 3. The van der Waals surface area contributed by atoms with Crippen LogP contribution in [0.4, 0.5) is 11.4 Å². The van der Waals surface area contributed by atoms with Gasteiger partial charge in [-0.1, -0.05) is 12.1 Å². The van der Waals surface area contributed by atoms with Gasteiger partial charge in [0.25, 0.3) is 0 Å². The van der Waals surface area contributed by atoms with Crippen molar-refractivity contribution in [2.75, 3.05) is 36.8 Å². The minimum atomic E-state index is -1.55. The van der Waals surface area contributed by atoms with Crippen molar-refractivity contribution in [3.63, 3.8) is 0 Å². The lowest BCUT2D eigenvalue weighted by Crippen LogP contribution is -2.56. The molecule has 0 aromatic heterocycles. The molecule has 15 heteroatoms. The molecule has 0 aliphatic carbocycles. The zero-order chi connectivity index (χ0) is 28.8. The van der Waals surface area contributed by atoms with E-state index >= 15 is 0 Å². The van der Waals surface area contributed by atoms with Crippen LogP contribution in [0.3, 0.4) is 0 Å². The van der Waals surface area contributed by atoms with Gasteiger partial charge < -0.3 is 46.8 Å². The molecule has 0 radical (unpaired) electrons. The number of nitrogens with zero attached hydrogens (tertiary/aromatic N) is 1.